The predicted octanol–water partition coefficient (Wildman–Crippen LogP) is 2.69. The monoisotopic (exact) mass is 429 g/mol. The number of hydrogen-bond donors (Lipinski definition) is 0. The molecule has 0 bridgehead atoms. The molecule has 0 saturated carbocycles. The van der Waals surface area contributed by atoms with E-state index >= 15 is 0 Å². The summed E-state index contributed by atoms with van der Waals surface area (Å²) in [6.07, 6.45) is 0.752. The predicted molar refractivity (Wildman–Crippen MR) is 113 cm³/mol. The molecule has 0 N–H and O–H groups in total. The Balaban J connectivity index is 1.96. The summed E-state index contributed by atoms with van der Waals surface area (Å²) in [6.45, 7) is 6.63. The number of rotatable bonds is 5. The van der Waals surface area contributed by atoms with Crippen LogP contribution >= 0.6 is 23.1 Å². The van der Waals surface area contributed by atoms with Crippen LogP contribution in [-0.4, -0.2) is 27.4 Å². The van der Waals surface area contributed by atoms with Gasteiger partial charge in [-0.05, 0) is 30.0 Å². The van der Waals surface area contributed by atoms with Crippen molar-refractivity contribution in [1.82, 2.24) is 9.55 Å². The van der Waals surface area contributed by atoms with Gasteiger partial charge in [-0.15, -0.1) is 11.3 Å². The Labute approximate surface area is 176 Å². The minimum absolute atomic E-state index is 0.0683. The summed E-state index contributed by atoms with van der Waals surface area (Å²) in [5.41, 5.74) is 2.48. The molecule has 0 spiro atoms. The maximum atomic E-state index is 13.7. The van der Waals surface area contributed by atoms with Crippen LogP contribution in [0.15, 0.2) is 34.2 Å². The van der Waals surface area contributed by atoms with Crippen molar-refractivity contribution in [3.8, 4) is 5.69 Å². The van der Waals surface area contributed by atoms with Crippen LogP contribution in [0.5, 0.6) is 0 Å². The SMILES string of the molecule is Cc1ccccc1-n1c(SCC(=O)[O-])nc2sc3c(c2c1=O)C[C@H](C(C)C)OC3. The van der Waals surface area contributed by atoms with E-state index in [1.807, 2.05) is 31.2 Å². The van der Waals surface area contributed by atoms with E-state index in [0.717, 1.165) is 27.8 Å². The number of carbonyl (C=O) groups is 1. The Morgan fingerprint density at radius 2 is 2.17 bits per heavy atom. The lowest BCUT2D eigenvalue weighted by Gasteiger charge is -2.26. The molecule has 1 aromatic carbocycles. The lowest BCUT2D eigenvalue weighted by molar-refractivity contribution is -0.301. The number of thiophene rings is 1. The van der Waals surface area contributed by atoms with Crippen LogP contribution < -0.4 is 10.7 Å². The molecular weight excluding hydrogens is 408 g/mol. The van der Waals surface area contributed by atoms with Crippen LogP contribution in [0.25, 0.3) is 15.9 Å². The molecular formula is C21H21N2O4S2-. The van der Waals surface area contributed by atoms with E-state index in [1.165, 1.54) is 15.9 Å². The smallest absolute Gasteiger partial charge is 0.267 e. The van der Waals surface area contributed by atoms with E-state index in [-0.39, 0.29) is 17.4 Å². The first-order chi connectivity index (χ1) is 13.9. The topological polar surface area (TPSA) is 84.3 Å². The Morgan fingerprint density at radius 1 is 1.41 bits per heavy atom. The van der Waals surface area contributed by atoms with Crippen molar-refractivity contribution in [2.75, 3.05) is 5.75 Å². The number of aromatic nitrogens is 2. The number of carboxylic acids is 1. The molecule has 0 radical (unpaired) electrons. The molecule has 0 saturated heterocycles. The summed E-state index contributed by atoms with van der Waals surface area (Å²) >= 11 is 2.46. The van der Waals surface area contributed by atoms with Crippen LogP contribution in [0, 0.1) is 12.8 Å². The number of para-hydroxylation sites is 1. The average molecular weight is 430 g/mol. The van der Waals surface area contributed by atoms with Crippen molar-refractivity contribution in [1.29, 1.82) is 0 Å². The van der Waals surface area contributed by atoms with Crippen LogP contribution in [0.1, 0.15) is 29.9 Å². The summed E-state index contributed by atoms with van der Waals surface area (Å²) < 4.78 is 7.50. The molecule has 1 atom stereocenters. The van der Waals surface area contributed by atoms with Crippen molar-refractivity contribution in [3.63, 3.8) is 0 Å². The Bertz CT molecular complexity index is 1150. The molecule has 29 heavy (non-hydrogen) atoms. The van der Waals surface area contributed by atoms with E-state index < -0.39 is 5.97 Å². The number of carbonyl (C=O) groups excluding carboxylic acids is 1. The fourth-order valence-corrected chi connectivity index (χ4v) is 5.47. The van der Waals surface area contributed by atoms with Crippen molar-refractivity contribution < 1.29 is 14.6 Å². The highest BCUT2D eigenvalue weighted by atomic mass is 32.2. The number of carboxylic acid groups (broad SMARTS) is 1. The van der Waals surface area contributed by atoms with E-state index in [4.69, 9.17) is 9.72 Å². The first-order valence-electron chi connectivity index (χ1n) is 9.44. The Morgan fingerprint density at radius 3 is 2.86 bits per heavy atom. The molecule has 152 valence electrons. The number of benzene rings is 1. The third kappa shape index (κ3) is 3.72. The minimum atomic E-state index is -1.20. The third-order valence-corrected chi connectivity index (χ3v) is 7.14. The first-order valence-corrected chi connectivity index (χ1v) is 11.2. The molecule has 0 unspecified atom stereocenters. The normalized spacial score (nSPS) is 16.3. The van der Waals surface area contributed by atoms with Gasteiger partial charge < -0.3 is 14.6 Å². The van der Waals surface area contributed by atoms with Gasteiger partial charge in [0, 0.05) is 17.1 Å². The van der Waals surface area contributed by atoms with Crippen molar-refractivity contribution in [2.45, 2.75) is 45.1 Å². The second kappa shape index (κ2) is 7.93. The van der Waals surface area contributed by atoms with Gasteiger partial charge in [0.1, 0.15) is 4.83 Å². The summed E-state index contributed by atoms with van der Waals surface area (Å²) in [5, 5.41) is 12.0. The average Bonchev–Trinajstić information content (AvgIpc) is 3.05. The number of hydrogen-bond acceptors (Lipinski definition) is 7. The van der Waals surface area contributed by atoms with Gasteiger partial charge in [0.05, 0.1) is 29.8 Å². The number of aliphatic carboxylic acids is 1. The number of ether oxygens (including phenoxy) is 1. The zero-order chi connectivity index (χ0) is 20.7. The molecule has 3 heterocycles. The summed E-state index contributed by atoms with van der Waals surface area (Å²) in [5.74, 6) is -1.12. The molecule has 1 aliphatic heterocycles. The lowest BCUT2D eigenvalue weighted by atomic mass is 9.96. The van der Waals surface area contributed by atoms with Gasteiger partial charge in [0.2, 0.25) is 0 Å². The number of fused-ring (bicyclic) bond motifs is 3. The van der Waals surface area contributed by atoms with Gasteiger partial charge in [-0.1, -0.05) is 43.8 Å². The van der Waals surface area contributed by atoms with Crippen LogP contribution in [0.4, 0.5) is 0 Å². The fourth-order valence-electron chi connectivity index (χ4n) is 3.58. The minimum Gasteiger partial charge on any atom is -0.549 e. The van der Waals surface area contributed by atoms with E-state index in [1.54, 1.807) is 0 Å². The molecule has 1 aliphatic rings. The molecule has 8 heteroatoms. The highest BCUT2D eigenvalue weighted by Crippen LogP contribution is 2.36. The molecule has 6 nitrogen and oxygen atoms in total. The van der Waals surface area contributed by atoms with Gasteiger partial charge >= 0.3 is 0 Å². The molecule has 4 rings (SSSR count). The van der Waals surface area contributed by atoms with Gasteiger partial charge in [-0.25, -0.2) is 4.98 Å². The molecule has 3 aromatic rings. The zero-order valence-electron chi connectivity index (χ0n) is 16.4. The zero-order valence-corrected chi connectivity index (χ0v) is 18.1. The van der Waals surface area contributed by atoms with E-state index in [9.17, 15) is 14.7 Å². The van der Waals surface area contributed by atoms with Crippen LogP contribution in [0.3, 0.4) is 0 Å². The Hall–Kier alpha value is -2.16. The second-order valence-electron chi connectivity index (χ2n) is 7.46. The van der Waals surface area contributed by atoms with Crippen molar-refractivity contribution in [3.05, 3.63) is 50.6 Å². The fraction of sp³-hybridized carbons (Fsp3) is 0.381. The van der Waals surface area contributed by atoms with Crippen molar-refractivity contribution >= 4 is 39.3 Å². The number of nitrogens with zero attached hydrogens (tertiary/aromatic N) is 2. The highest BCUT2D eigenvalue weighted by molar-refractivity contribution is 7.99. The van der Waals surface area contributed by atoms with Gasteiger partial charge in [-0.3, -0.25) is 9.36 Å². The largest absolute Gasteiger partial charge is 0.549 e. The molecule has 2 aromatic heterocycles. The first kappa shape index (κ1) is 20.1. The Kier molecular flexibility index (Phi) is 5.50. The maximum Gasteiger partial charge on any atom is 0.267 e. The summed E-state index contributed by atoms with van der Waals surface area (Å²) in [7, 11) is 0. The third-order valence-electron chi connectivity index (χ3n) is 5.13. The highest BCUT2D eigenvalue weighted by Gasteiger charge is 2.28. The van der Waals surface area contributed by atoms with Crippen LogP contribution in [-0.2, 0) is 22.6 Å². The van der Waals surface area contributed by atoms with E-state index in [0.29, 0.717) is 40.0 Å². The van der Waals surface area contributed by atoms with E-state index in [2.05, 4.69) is 13.8 Å². The standard InChI is InChI=1S/C21H22N2O4S2/c1-11(2)15-8-13-16(9-27-15)29-19-18(13)20(26)23(14-7-5-4-6-12(14)3)21(22-19)28-10-17(24)25/h4-7,11,15H,8-10H2,1-3H3,(H,24,25)/p-1/t15-/m1/s1. The number of aryl methyl sites for hydroxylation is 1. The summed E-state index contributed by atoms with van der Waals surface area (Å²) in [4.78, 5) is 31.1. The van der Waals surface area contributed by atoms with Gasteiger partial charge in [0.15, 0.2) is 5.16 Å². The number of thioether (sulfide) groups is 1. The maximum absolute atomic E-state index is 13.7. The molecule has 0 fully saturated rings. The van der Waals surface area contributed by atoms with Gasteiger partial charge in [0.25, 0.3) is 5.56 Å². The molecule has 0 amide bonds. The second-order valence-corrected chi connectivity index (χ2v) is 9.49. The molecule has 0 aliphatic carbocycles. The van der Waals surface area contributed by atoms with Crippen LogP contribution in [0.2, 0.25) is 0 Å². The lowest BCUT2D eigenvalue weighted by Crippen LogP contribution is -2.29. The van der Waals surface area contributed by atoms with Gasteiger partial charge in [-0.2, -0.15) is 0 Å². The quantitative estimate of drug-likeness (QED) is 0.458. The summed E-state index contributed by atoms with van der Waals surface area (Å²) in [6, 6.07) is 7.54. The van der Waals surface area contributed by atoms with Crippen molar-refractivity contribution in [2.24, 2.45) is 5.92 Å².